The van der Waals surface area contributed by atoms with Crippen LogP contribution in [0, 0.1) is 11.8 Å². The molecule has 2 saturated heterocycles. The Balaban J connectivity index is 1.25. The van der Waals surface area contributed by atoms with E-state index in [1.807, 2.05) is 25.1 Å². The largest absolute Gasteiger partial charge is 0.495 e. The van der Waals surface area contributed by atoms with Gasteiger partial charge in [-0.1, -0.05) is 68.3 Å². The van der Waals surface area contributed by atoms with Gasteiger partial charge < -0.3 is 66.0 Å². The van der Waals surface area contributed by atoms with Gasteiger partial charge in [-0.3, -0.25) is 24.5 Å². The van der Waals surface area contributed by atoms with Crippen LogP contribution in [0.25, 0.3) is 0 Å². The summed E-state index contributed by atoms with van der Waals surface area (Å²) in [6.07, 6.45) is 1.19. The number of rotatable bonds is 19. The minimum atomic E-state index is -1.87. The van der Waals surface area contributed by atoms with Gasteiger partial charge in [-0.15, -0.1) is 0 Å². The van der Waals surface area contributed by atoms with Crippen molar-refractivity contribution < 1.29 is 62.4 Å². The van der Waals surface area contributed by atoms with Gasteiger partial charge in [-0.2, -0.15) is 11.8 Å². The number of hydrogen-bond donors (Lipinski definition) is 7. The summed E-state index contributed by atoms with van der Waals surface area (Å²) in [5.74, 6) is -1.97. The standard InChI is InChI=1S/C53H75ClN8O13S/c1-29(2)45(55)48(66)59-36(14-12-21-57-50(56)68)47(65)58-35-18-16-33(17-19-35)28-76-22-20-42(63)61(7)32(5)49(67)74-41-26-43(64)62(8)37-24-34(25-38(71-9)44(37)54)23-30(3)13-11-15-40(72-10)53(70)27-39(73-51(69)60-53)31(4)46-52(41,6)75-46/h11,13,15-19,24-25,29,31-32,36,39-41,45-46,70H,12,14,20-23,26-28,55H2,1-10H3,(H,58,65)(H,59,66)(H,60,69)(H3,56,57,68)/b15-11?,30-13-/t31-,32+,36+,39+,40-,41?,45+,46+,52+,53+/m1/s1. The lowest BCUT2D eigenvalue weighted by Crippen LogP contribution is -2.63. The lowest BCUT2D eigenvalue weighted by Gasteiger charge is -2.42. The van der Waals surface area contributed by atoms with Crippen molar-refractivity contribution in [2.75, 3.05) is 50.8 Å². The van der Waals surface area contributed by atoms with E-state index >= 15 is 0 Å². The van der Waals surface area contributed by atoms with Crippen LogP contribution in [0.15, 0.2) is 60.2 Å². The zero-order chi connectivity index (χ0) is 56.2. The molecule has 2 aromatic carbocycles. The second-order valence-corrected chi connectivity index (χ2v) is 21.6. The molecule has 0 aromatic heterocycles. The van der Waals surface area contributed by atoms with Crippen molar-refractivity contribution in [1.82, 2.24) is 20.9 Å². The summed E-state index contributed by atoms with van der Waals surface area (Å²) in [4.78, 5) is 94.9. The van der Waals surface area contributed by atoms with Crippen LogP contribution in [0.3, 0.4) is 0 Å². The number of nitrogens with one attached hydrogen (secondary N) is 4. The lowest BCUT2D eigenvalue weighted by molar-refractivity contribution is -0.162. The Morgan fingerprint density at radius 3 is 2.43 bits per heavy atom. The summed E-state index contributed by atoms with van der Waals surface area (Å²) in [6.45, 7) is 10.7. The lowest BCUT2D eigenvalue weighted by atomic mass is 9.83. The van der Waals surface area contributed by atoms with E-state index in [0.29, 0.717) is 41.5 Å². The zero-order valence-electron chi connectivity index (χ0n) is 44.9. The van der Waals surface area contributed by atoms with Crippen molar-refractivity contribution in [1.29, 1.82) is 0 Å². The highest BCUT2D eigenvalue weighted by molar-refractivity contribution is 7.98. The Morgan fingerprint density at radius 2 is 1.79 bits per heavy atom. The fourth-order valence-electron chi connectivity index (χ4n) is 9.01. The number of urea groups is 1. The van der Waals surface area contributed by atoms with Crippen LogP contribution in [0.4, 0.5) is 21.0 Å². The Kier molecular flexibility index (Phi) is 21.6. The predicted octanol–water partition coefficient (Wildman–Crippen LogP) is 4.69. The fourth-order valence-corrected chi connectivity index (χ4v) is 10.2. The first-order valence-corrected chi connectivity index (χ1v) is 26.8. The van der Waals surface area contributed by atoms with Gasteiger partial charge in [0, 0.05) is 63.7 Å². The summed E-state index contributed by atoms with van der Waals surface area (Å²) in [7, 11) is 5.95. The molecule has 0 spiro atoms. The number of alkyl carbamates (subject to hydrolysis) is 1. The van der Waals surface area contributed by atoms with Crippen LogP contribution in [-0.4, -0.2) is 146 Å². The quantitative estimate of drug-likeness (QED) is 0.0570. The monoisotopic (exact) mass is 1100 g/mol. The summed E-state index contributed by atoms with van der Waals surface area (Å²) < 4.78 is 29.5. The fraction of sp³-hybridized carbons (Fsp3) is 0.566. The van der Waals surface area contributed by atoms with Gasteiger partial charge in [0.2, 0.25) is 23.6 Å². The first-order chi connectivity index (χ1) is 35.8. The predicted molar refractivity (Wildman–Crippen MR) is 288 cm³/mol. The third-order valence-electron chi connectivity index (χ3n) is 14.1. The molecule has 3 aliphatic heterocycles. The molecule has 3 heterocycles. The molecule has 76 heavy (non-hydrogen) atoms. The number of thioether (sulfide) groups is 1. The van der Waals surface area contributed by atoms with E-state index in [1.165, 1.54) is 49.8 Å². The number of ether oxygens (including phenoxy) is 5. The third kappa shape index (κ3) is 15.8. The van der Waals surface area contributed by atoms with Gasteiger partial charge in [0.25, 0.3) is 0 Å². The molecule has 0 radical (unpaired) electrons. The number of aliphatic hydroxyl groups is 1. The Hall–Kier alpha value is -5.91. The second kappa shape index (κ2) is 26.9. The number of halogens is 1. The highest BCUT2D eigenvalue weighted by atomic mass is 35.5. The molecule has 21 nitrogen and oxygen atoms in total. The Morgan fingerprint density at radius 1 is 1.09 bits per heavy atom. The molecular formula is C53H75ClN8O13S. The number of benzene rings is 2. The SMILES string of the molecule is COc1cc2cc(c1Cl)N(C)C(=O)CC(OC(=O)[C@H](C)N(C)C(=O)CCSCc1ccc(NC(=O)[C@H](CCCNC(N)=O)NC(=O)[C@@H](N)C(C)C)cc1)[C@]1(C)O[C@H]1[C@H](C)[C@@H]1C[C@@](O)(NC(=O)O1)[C@H](OC)C=C/C=C(/C)C2. The number of nitrogens with two attached hydrogens (primary N) is 2. The highest BCUT2D eigenvalue weighted by Crippen LogP contribution is 2.49. The van der Waals surface area contributed by atoms with Gasteiger partial charge in [0.1, 0.15) is 46.8 Å². The molecule has 23 heteroatoms. The molecule has 2 aromatic rings. The topological polar surface area (TPSA) is 296 Å². The number of nitrogens with zero attached hydrogens (tertiary/aromatic N) is 2. The van der Waals surface area contributed by atoms with Gasteiger partial charge in [0.15, 0.2) is 5.72 Å². The average Bonchev–Trinajstić information content (AvgIpc) is 4.07. The molecule has 0 aliphatic carbocycles. The van der Waals surface area contributed by atoms with Gasteiger partial charge in [-0.25, -0.2) is 14.4 Å². The molecule has 9 N–H and O–H groups in total. The van der Waals surface area contributed by atoms with Gasteiger partial charge in [-0.05, 0) is 81.3 Å². The van der Waals surface area contributed by atoms with Crippen LogP contribution in [-0.2, 0) is 55.1 Å². The van der Waals surface area contributed by atoms with Crippen molar-refractivity contribution in [2.45, 2.75) is 140 Å². The summed E-state index contributed by atoms with van der Waals surface area (Å²) in [5, 5.41) is 22.6. The van der Waals surface area contributed by atoms with E-state index in [0.717, 1.165) is 16.7 Å². The third-order valence-corrected chi connectivity index (χ3v) is 15.5. The smallest absolute Gasteiger partial charge is 0.409 e. The first-order valence-electron chi connectivity index (χ1n) is 25.2. The number of allylic oxidation sites excluding steroid dienone is 3. The zero-order valence-corrected chi connectivity index (χ0v) is 46.5. The molecule has 7 amide bonds. The number of fused-ring (bicyclic) bond motifs is 5. The van der Waals surface area contributed by atoms with Gasteiger partial charge >= 0.3 is 18.1 Å². The maximum absolute atomic E-state index is 14.4. The number of esters is 1. The van der Waals surface area contributed by atoms with E-state index in [4.69, 9.17) is 46.8 Å². The minimum absolute atomic E-state index is 0.0855. The minimum Gasteiger partial charge on any atom is -0.495 e. The highest BCUT2D eigenvalue weighted by Gasteiger charge is 2.64. The van der Waals surface area contributed by atoms with Crippen LogP contribution in [0.5, 0.6) is 5.75 Å². The summed E-state index contributed by atoms with van der Waals surface area (Å²) in [5.41, 5.74) is 11.5. The van der Waals surface area contributed by atoms with E-state index in [1.54, 1.807) is 71.2 Å². The number of likely N-dealkylation sites (N-methyl/N-ethyl adjacent to an activating group) is 1. The number of carbonyl (C=O) groups is 7. The van der Waals surface area contributed by atoms with Crippen molar-refractivity contribution in [2.24, 2.45) is 23.3 Å². The average molecular weight is 1100 g/mol. The maximum Gasteiger partial charge on any atom is 0.409 e. The van der Waals surface area contributed by atoms with Gasteiger partial charge in [0.05, 0.1) is 31.4 Å². The summed E-state index contributed by atoms with van der Waals surface area (Å²) in [6, 6.07) is 7.16. The number of methoxy groups -OCH3 is 2. The molecule has 1 unspecified atom stereocenters. The molecule has 0 saturated carbocycles. The van der Waals surface area contributed by atoms with Crippen LogP contribution in [0.2, 0.25) is 5.02 Å². The second-order valence-electron chi connectivity index (χ2n) is 20.2. The number of primary amides is 1. The van der Waals surface area contributed by atoms with E-state index in [2.05, 4.69) is 21.3 Å². The normalized spacial score (nSPS) is 25.5. The Labute approximate surface area is 453 Å². The van der Waals surface area contributed by atoms with Crippen LogP contribution >= 0.6 is 23.4 Å². The van der Waals surface area contributed by atoms with Crippen molar-refractivity contribution in [3.05, 3.63) is 76.3 Å². The van der Waals surface area contributed by atoms with E-state index in [-0.39, 0.29) is 49.1 Å². The molecule has 3 aliphatic rings. The van der Waals surface area contributed by atoms with Crippen molar-refractivity contribution in [3.63, 3.8) is 0 Å². The van der Waals surface area contributed by atoms with E-state index < -0.39 is 95.6 Å². The molecule has 418 valence electrons. The number of anilines is 2. The Bertz CT molecular complexity index is 2500. The number of amides is 7. The number of epoxide rings is 1. The van der Waals surface area contributed by atoms with Crippen LogP contribution in [0.1, 0.15) is 84.8 Å². The first kappa shape index (κ1) is 60.9. The molecule has 5 rings (SSSR count). The molecular weight excluding hydrogens is 1020 g/mol. The molecule has 10 atom stereocenters. The van der Waals surface area contributed by atoms with Crippen molar-refractivity contribution >= 4 is 76.5 Å². The van der Waals surface area contributed by atoms with Crippen LogP contribution < -0.4 is 42.4 Å². The number of carbonyl (C=O) groups excluding carboxylic acids is 7. The molecule has 4 bridgehead atoms. The van der Waals surface area contributed by atoms with E-state index in [9.17, 15) is 38.7 Å². The molecule has 2 fully saturated rings. The summed E-state index contributed by atoms with van der Waals surface area (Å²) >= 11 is 8.32. The van der Waals surface area contributed by atoms with Crippen molar-refractivity contribution in [3.8, 4) is 5.75 Å². The maximum atomic E-state index is 14.4. The number of hydrogen-bond acceptors (Lipinski definition) is 15.